The molecule has 8 heteroatoms. The summed E-state index contributed by atoms with van der Waals surface area (Å²) >= 11 is 0. The van der Waals surface area contributed by atoms with Crippen molar-refractivity contribution in [2.24, 2.45) is 0 Å². The molecule has 1 heterocycles. The van der Waals surface area contributed by atoms with Crippen molar-refractivity contribution in [1.29, 1.82) is 0 Å². The number of epoxide rings is 1. The molecule has 1 N–H and O–H groups in total. The van der Waals surface area contributed by atoms with E-state index in [1.165, 1.54) is 35.6 Å². The van der Waals surface area contributed by atoms with Crippen molar-refractivity contribution in [2.75, 3.05) is 20.2 Å². The molecule has 0 amide bonds. The van der Waals surface area contributed by atoms with Gasteiger partial charge < -0.3 is 9.84 Å². The number of carboxylic acids is 1. The minimum absolute atomic E-state index is 0.0705. The van der Waals surface area contributed by atoms with E-state index < -0.39 is 21.8 Å². The van der Waals surface area contributed by atoms with Gasteiger partial charge in [-0.1, -0.05) is 32.0 Å². The normalized spacial score (nSPS) is 16.5. The number of sulfonamides is 1. The third-order valence-corrected chi connectivity index (χ3v) is 7.24. The highest BCUT2D eigenvalue weighted by molar-refractivity contribution is 7.89. The van der Waals surface area contributed by atoms with Crippen LogP contribution in [0.1, 0.15) is 31.4 Å². The zero-order valence-corrected chi connectivity index (χ0v) is 18.6. The molecule has 2 aromatic carbocycles. The molecule has 0 saturated carbocycles. The molecule has 6 nitrogen and oxygen atoms in total. The van der Waals surface area contributed by atoms with Gasteiger partial charge in [0.15, 0.2) is 0 Å². The van der Waals surface area contributed by atoms with Gasteiger partial charge in [-0.05, 0) is 53.8 Å². The van der Waals surface area contributed by atoms with E-state index in [2.05, 4.69) is 0 Å². The Hall–Kier alpha value is -2.55. The summed E-state index contributed by atoms with van der Waals surface area (Å²) < 4.78 is 47.3. The summed E-state index contributed by atoms with van der Waals surface area (Å²) in [5.74, 6) is -1.56. The molecule has 0 aromatic heterocycles. The molecular formula is C23H26FNO5S. The maximum absolute atomic E-state index is 14.8. The van der Waals surface area contributed by atoms with Crippen LogP contribution in [-0.4, -0.2) is 50.1 Å². The van der Waals surface area contributed by atoms with Gasteiger partial charge in [-0.3, -0.25) is 0 Å². The number of hydrogen-bond donors (Lipinski definition) is 1. The number of rotatable bonds is 9. The van der Waals surface area contributed by atoms with Crippen molar-refractivity contribution in [3.8, 4) is 11.1 Å². The van der Waals surface area contributed by atoms with Gasteiger partial charge in [0.05, 0.1) is 17.6 Å². The largest absolute Gasteiger partial charge is 0.478 e. The summed E-state index contributed by atoms with van der Waals surface area (Å²) in [6, 6.07) is 9.20. The molecule has 0 radical (unpaired) electrons. The number of nitrogens with zero attached hydrogens (tertiary/aromatic N) is 1. The molecule has 3 rings (SSSR count). The van der Waals surface area contributed by atoms with Gasteiger partial charge in [0.1, 0.15) is 5.82 Å². The van der Waals surface area contributed by atoms with Gasteiger partial charge in [0, 0.05) is 24.7 Å². The quantitative estimate of drug-likeness (QED) is 0.465. The average Bonchev–Trinajstić information content (AvgIpc) is 3.55. The molecule has 31 heavy (non-hydrogen) atoms. The summed E-state index contributed by atoms with van der Waals surface area (Å²) in [7, 11) is -2.20. The Bertz CT molecular complexity index is 1120. The SMILES string of the molecule is CCC(=Cc1cccc(F)c1-c1ccc(S(=O)(=O)N(C)CC2CO2)c(CC)c1)C(=O)O. The lowest BCUT2D eigenvalue weighted by Crippen LogP contribution is -2.31. The maximum atomic E-state index is 14.8. The Morgan fingerprint density at radius 1 is 1.29 bits per heavy atom. The lowest BCUT2D eigenvalue weighted by atomic mass is 9.95. The molecule has 166 valence electrons. The van der Waals surface area contributed by atoms with Crippen LogP contribution in [0.2, 0.25) is 0 Å². The number of aryl methyl sites for hydroxylation is 1. The minimum Gasteiger partial charge on any atom is -0.478 e. The number of halogens is 1. The Labute approximate surface area is 182 Å². The number of hydrogen-bond acceptors (Lipinski definition) is 4. The first-order valence-corrected chi connectivity index (χ1v) is 11.6. The Morgan fingerprint density at radius 3 is 2.58 bits per heavy atom. The molecule has 0 bridgehead atoms. The molecule has 1 unspecified atom stereocenters. The van der Waals surface area contributed by atoms with Gasteiger partial charge in [-0.25, -0.2) is 17.6 Å². The van der Waals surface area contributed by atoms with E-state index in [9.17, 15) is 22.7 Å². The van der Waals surface area contributed by atoms with Gasteiger partial charge in [0.25, 0.3) is 0 Å². The molecule has 0 spiro atoms. The second-order valence-corrected chi connectivity index (χ2v) is 9.46. The van der Waals surface area contributed by atoms with E-state index in [1.54, 1.807) is 25.1 Å². The molecule has 1 atom stereocenters. The predicted octanol–water partition coefficient (Wildman–Crippen LogP) is 3.95. The fourth-order valence-corrected chi connectivity index (χ4v) is 4.93. The lowest BCUT2D eigenvalue weighted by molar-refractivity contribution is -0.132. The van der Waals surface area contributed by atoms with E-state index in [0.717, 1.165) is 0 Å². The van der Waals surface area contributed by atoms with Gasteiger partial charge in [-0.15, -0.1) is 0 Å². The summed E-state index contributed by atoms with van der Waals surface area (Å²) in [6.07, 6.45) is 2.12. The van der Waals surface area contributed by atoms with E-state index in [1.807, 2.05) is 6.92 Å². The number of likely N-dealkylation sites (N-methyl/N-ethyl adjacent to an activating group) is 1. The minimum atomic E-state index is -3.72. The summed E-state index contributed by atoms with van der Waals surface area (Å²) in [5.41, 5.74) is 1.89. The van der Waals surface area contributed by atoms with Crippen LogP contribution in [0, 0.1) is 5.82 Å². The number of carboxylic acid groups (broad SMARTS) is 1. The van der Waals surface area contributed by atoms with E-state index >= 15 is 0 Å². The highest BCUT2D eigenvalue weighted by Crippen LogP contribution is 2.32. The van der Waals surface area contributed by atoms with Crippen LogP contribution in [0.25, 0.3) is 17.2 Å². The van der Waals surface area contributed by atoms with Crippen LogP contribution < -0.4 is 0 Å². The van der Waals surface area contributed by atoms with Crippen LogP contribution in [0.3, 0.4) is 0 Å². The van der Waals surface area contributed by atoms with Crippen molar-refractivity contribution in [3.05, 3.63) is 58.9 Å². The molecular weight excluding hydrogens is 421 g/mol. The maximum Gasteiger partial charge on any atom is 0.331 e. The van der Waals surface area contributed by atoms with Crippen LogP contribution in [0.5, 0.6) is 0 Å². The smallest absolute Gasteiger partial charge is 0.331 e. The van der Waals surface area contributed by atoms with Crippen LogP contribution in [0.15, 0.2) is 46.9 Å². The predicted molar refractivity (Wildman–Crippen MR) is 117 cm³/mol. The first kappa shape index (κ1) is 23.1. The highest BCUT2D eigenvalue weighted by atomic mass is 32.2. The Morgan fingerprint density at radius 2 is 2.00 bits per heavy atom. The standard InChI is InChI=1S/C23H26FNO5S/c1-4-15-11-18(9-10-21(15)31(28,29)25(3)13-19-14-30-19)22-17(7-6-8-20(22)24)12-16(5-2)23(26)27/h6-12,19H,4-5,13-14H2,1-3H3,(H,26,27). The van der Waals surface area contributed by atoms with Gasteiger partial charge in [0.2, 0.25) is 10.0 Å². The van der Waals surface area contributed by atoms with Crippen molar-refractivity contribution in [3.63, 3.8) is 0 Å². The summed E-state index contributed by atoms with van der Waals surface area (Å²) in [6.45, 7) is 4.39. The number of benzene rings is 2. The first-order valence-electron chi connectivity index (χ1n) is 10.1. The van der Waals surface area contributed by atoms with E-state index in [4.69, 9.17) is 4.74 Å². The zero-order chi connectivity index (χ0) is 22.8. The molecule has 1 aliphatic rings. The number of carbonyl (C=O) groups is 1. The average molecular weight is 448 g/mol. The van der Waals surface area contributed by atoms with Crippen LogP contribution in [-0.2, 0) is 26.0 Å². The Balaban J connectivity index is 2.08. The van der Waals surface area contributed by atoms with E-state index in [0.29, 0.717) is 36.1 Å². The second kappa shape index (κ2) is 9.30. The number of ether oxygens (including phenoxy) is 1. The summed E-state index contributed by atoms with van der Waals surface area (Å²) in [5, 5.41) is 9.35. The fraction of sp³-hybridized carbons (Fsp3) is 0.348. The van der Waals surface area contributed by atoms with E-state index in [-0.39, 0.29) is 28.7 Å². The van der Waals surface area contributed by atoms with Crippen molar-refractivity contribution >= 4 is 22.1 Å². The molecule has 2 aromatic rings. The molecule has 1 fully saturated rings. The molecule has 1 aliphatic heterocycles. The van der Waals surface area contributed by atoms with Gasteiger partial charge >= 0.3 is 5.97 Å². The highest BCUT2D eigenvalue weighted by Gasteiger charge is 2.31. The second-order valence-electron chi connectivity index (χ2n) is 7.45. The topological polar surface area (TPSA) is 87.2 Å². The van der Waals surface area contributed by atoms with Crippen molar-refractivity contribution in [2.45, 2.75) is 37.7 Å². The molecule has 0 aliphatic carbocycles. The molecule has 1 saturated heterocycles. The first-order chi connectivity index (χ1) is 14.7. The monoisotopic (exact) mass is 447 g/mol. The zero-order valence-electron chi connectivity index (χ0n) is 17.8. The lowest BCUT2D eigenvalue weighted by Gasteiger charge is -2.19. The number of aliphatic carboxylic acids is 1. The summed E-state index contributed by atoms with van der Waals surface area (Å²) in [4.78, 5) is 11.6. The van der Waals surface area contributed by atoms with Crippen molar-refractivity contribution in [1.82, 2.24) is 4.31 Å². The van der Waals surface area contributed by atoms with Crippen molar-refractivity contribution < 1.29 is 27.4 Å². The Kier molecular flexibility index (Phi) is 6.93. The van der Waals surface area contributed by atoms with Crippen LogP contribution >= 0.6 is 0 Å². The fourth-order valence-electron chi connectivity index (χ4n) is 3.46. The third-order valence-electron chi connectivity index (χ3n) is 5.31. The van der Waals surface area contributed by atoms with Gasteiger partial charge in [-0.2, -0.15) is 4.31 Å². The van der Waals surface area contributed by atoms with Crippen LogP contribution in [0.4, 0.5) is 4.39 Å². The third kappa shape index (κ3) is 5.03.